The van der Waals surface area contributed by atoms with Gasteiger partial charge >= 0.3 is 14.0 Å². The fourth-order valence-corrected chi connectivity index (χ4v) is 2.26. The van der Waals surface area contributed by atoms with Gasteiger partial charge in [0.15, 0.2) is 0 Å². The monoisotopic (exact) mass is 339 g/mol. The highest BCUT2D eigenvalue weighted by Gasteiger charge is 2.35. The van der Waals surface area contributed by atoms with Crippen molar-refractivity contribution in [2.24, 2.45) is 11.1 Å². The molecule has 0 spiro atoms. The Kier molecular flexibility index (Phi) is 6.17. The Hall–Kier alpha value is -1.37. The summed E-state index contributed by atoms with van der Waals surface area (Å²) in [5, 5.41) is 3.33. The molecule has 22 heavy (non-hydrogen) atoms. The zero-order valence-electron chi connectivity index (χ0n) is 12.0. The molecule has 0 aliphatic heterocycles. The summed E-state index contributed by atoms with van der Waals surface area (Å²) in [5.74, 6) is -0.421. The van der Waals surface area contributed by atoms with Gasteiger partial charge in [0.25, 0.3) is 0 Å². The Balaban J connectivity index is 3.43. The number of oxime groups is 1. The number of benzene rings is 1. The summed E-state index contributed by atoms with van der Waals surface area (Å²) in [6.07, 6.45) is -3.70. The van der Waals surface area contributed by atoms with Gasteiger partial charge in [0.1, 0.15) is 0 Å². The summed E-state index contributed by atoms with van der Waals surface area (Å²) >= 11 is 0. The molecule has 1 aromatic carbocycles. The second-order valence-corrected chi connectivity index (χ2v) is 5.75. The molecule has 0 heterocycles. The first-order chi connectivity index (χ1) is 10.1. The number of phosphoric acid groups is 1. The van der Waals surface area contributed by atoms with Gasteiger partial charge in [-0.1, -0.05) is 37.2 Å². The molecule has 0 atom stereocenters. The molecule has 0 fully saturated rings. The van der Waals surface area contributed by atoms with E-state index >= 15 is 0 Å². The average molecular weight is 339 g/mol. The maximum absolute atomic E-state index is 13.1. The van der Waals surface area contributed by atoms with E-state index in [0.29, 0.717) is 12.8 Å². The fraction of sp³-hybridized carbons (Fsp3) is 0.462. The summed E-state index contributed by atoms with van der Waals surface area (Å²) < 4.78 is 54.2. The Bertz CT molecular complexity index is 579. The predicted octanol–water partition coefficient (Wildman–Crippen LogP) is 3.96. The van der Waals surface area contributed by atoms with E-state index in [0.717, 1.165) is 6.07 Å². The van der Waals surface area contributed by atoms with Crippen molar-refractivity contribution in [2.75, 3.05) is 0 Å². The molecule has 0 radical (unpaired) electrons. The number of alkyl halides is 3. The Morgan fingerprint density at radius 3 is 2.27 bits per heavy atom. The molecule has 5 nitrogen and oxygen atoms in total. The molecule has 0 unspecified atom stereocenters. The zero-order chi connectivity index (χ0) is 17.0. The van der Waals surface area contributed by atoms with Crippen LogP contribution < -0.4 is 0 Å². The number of hydrogen-bond donors (Lipinski definition) is 2. The topological polar surface area (TPSA) is 79.1 Å². The van der Waals surface area contributed by atoms with Gasteiger partial charge < -0.3 is 0 Å². The van der Waals surface area contributed by atoms with Gasteiger partial charge in [-0.3, -0.25) is 14.4 Å². The molecule has 2 N–H and O–H groups in total. The minimum atomic E-state index is -4.93. The molecule has 124 valence electrons. The van der Waals surface area contributed by atoms with E-state index in [1.807, 2.05) is 0 Å². The molecule has 1 aromatic rings. The van der Waals surface area contributed by atoms with Gasteiger partial charge in [0.2, 0.25) is 0 Å². The van der Waals surface area contributed by atoms with Crippen LogP contribution in [0.5, 0.6) is 0 Å². The molecule has 0 saturated carbocycles. The lowest BCUT2D eigenvalue weighted by Crippen LogP contribution is -2.20. The summed E-state index contributed by atoms with van der Waals surface area (Å²) in [4.78, 5) is 17.5. The smallest absolute Gasteiger partial charge is 0.292 e. The van der Waals surface area contributed by atoms with Crippen LogP contribution in [0.15, 0.2) is 29.4 Å². The standard InChI is InChI=1S/C13H17F3NO4P/c1-3-9(4-2)12(17-21-22(18,19)20)10-7-5-6-8-11(10)13(14,15)16/h5-9H,3-4H2,1-2H3,(H2,18,19,20). The molecule has 0 aliphatic carbocycles. The lowest BCUT2D eigenvalue weighted by atomic mass is 9.89. The quantitative estimate of drug-likeness (QED) is 0.467. The van der Waals surface area contributed by atoms with Crippen LogP contribution in [0.2, 0.25) is 0 Å². The van der Waals surface area contributed by atoms with E-state index in [2.05, 4.69) is 9.78 Å². The van der Waals surface area contributed by atoms with E-state index in [4.69, 9.17) is 9.79 Å². The van der Waals surface area contributed by atoms with Crippen LogP contribution in [0, 0.1) is 5.92 Å². The fourth-order valence-electron chi connectivity index (χ4n) is 2.07. The van der Waals surface area contributed by atoms with E-state index in [1.165, 1.54) is 18.2 Å². The summed E-state index contributed by atoms with van der Waals surface area (Å²) in [6, 6.07) is 4.74. The van der Waals surface area contributed by atoms with Crippen LogP contribution in [0.4, 0.5) is 13.2 Å². The van der Waals surface area contributed by atoms with Gasteiger partial charge in [-0.15, -0.1) is 0 Å². The highest BCUT2D eigenvalue weighted by Crippen LogP contribution is 2.38. The van der Waals surface area contributed by atoms with Gasteiger partial charge in [-0.05, 0) is 18.9 Å². The normalized spacial score (nSPS) is 13.5. The first-order valence-corrected chi connectivity index (χ1v) is 8.12. The molecule has 0 aliphatic rings. The number of nitrogens with zero attached hydrogens (tertiary/aromatic N) is 1. The second-order valence-electron chi connectivity index (χ2n) is 4.61. The maximum atomic E-state index is 13.1. The van der Waals surface area contributed by atoms with E-state index < -0.39 is 25.5 Å². The van der Waals surface area contributed by atoms with Gasteiger partial charge in [-0.25, -0.2) is 4.57 Å². The second kappa shape index (κ2) is 7.26. The van der Waals surface area contributed by atoms with Crippen molar-refractivity contribution < 1.29 is 32.1 Å². The lowest BCUT2D eigenvalue weighted by Gasteiger charge is -2.19. The van der Waals surface area contributed by atoms with Crippen LogP contribution in [-0.4, -0.2) is 15.5 Å². The summed E-state index contributed by atoms with van der Waals surface area (Å²) in [7, 11) is -4.93. The molecule has 1 rings (SSSR count). The molecule has 0 amide bonds. The van der Waals surface area contributed by atoms with Crippen LogP contribution >= 0.6 is 7.82 Å². The highest BCUT2D eigenvalue weighted by atomic mass is 31.2. The summed E-state index contributed by atoms with van der Waals surface area (Å²) in [6.45, 7) is 3.49. The zero-order valence-corrected chi connectivity index (χ0v) is 12.9. The third-order valence-electron chi connectivity index (χ3n) is 3.13. The SMILES string of the molecule is CCC(CC)C(=NOP(=O)(O)O)c1ccccc1C(F)(F)F. The van der Waals surface area contributed by atoms with E-state index in [-0.39, 0.29) is 11.3 Å². The van der Waals surface area contributed by atoms with Crippen molar-refractivity contribution in [2.45, 2.75) is 32.9 Å². The molecule has 9 heteroatoms. The Morgan fingerprint density at radius 1 is 1.27 bits per heavy atom. The third kappa shape index (κ3) is 5.12. The van der Waals surface area contributed by atoms with Crippen molar-refractivity contribution >= 4 is 13.5 Å². The minimum absolute atomic E-state index is 0.124. The highest BCUT2D eigenvalue weighted by molar-refractivity contribution is 7.46. The predicted molar refractivity (Wildman–Crippen MR) is 75.2 cm³/mol. The van der Waals surface area contributed by atoms with Gasteiger partial charge in [-0.2, -0.15) is 13.2 Å². The third-order valence-corrected chi connectivity index (χ3v) is 3.42. The van der Waals surface area contributed by atoms with Crippen molar-refractivity contribution in [1.82, 2.24) is 0 Å². The number of halogens is 3. The number of rotatable bonds is 6. The van der Waals surface area contributed by atoms with Crippen LogP contribution in [0.1, 0.15) is 37.8 Å². The van der Waals surface area contributed by atoms with Crippen LogP contribution in [-0.2, 0) is 15.4 Å². The van der Waals surface area contributed by atoms with E-state index in [1.54, 1.807) is 13.8 Å². The number of hydrogen-bond acceptors (Lipinski definition) is 3. The van der Waals surface area contributed by atoms with Crippen molar-refractivity contribution in [1.29, 1.82) is 0 Å². The largest absolute Gasteiger partial charge is 0.545 e. The minimum Gasteiger partial charge on any atom is -0.292 e. The van der Waals surface area contributed by atoms with Crippen molar-refractivity contribution in [3.8, 4) is 0 Å². The lowest BCUT2D eigenvalue weighted by molar-refractivity contribution is -0.137. The van der Waals surface area contributed by atoms with Gasteiger partial charge in [0.05, 0.1) is 11.3 Å². The van der Waals surface area contributed by atoms with Crippen molar-refractivity contribution in [3.63, 3.8) is 0 Å². The molecular weight excluding hydrogens is 322 g/mol. The first-order valence-electron chi connectivity index (χ1n) is 6.59. The van der Waals surface area contributed by atoms with Gasteiger partial charge in [0, 0.05) is 11.5 Å². The average Bonchev–Trinajstić information content (AvgIpc) is 2.41. The molecular formula is C13H17F3NO4P. The molecule has 0 bridgehead atoms. The first kappa shape index (κ1) is 18.7. The Labute approximate surface area is 126 Å². The Morgan fingerprint density at radius 2 is 1.82 bits per heavy atom. The van der Waals surface area contributed by atoms with Crippen molar-refractivity contribution in [3.05, 3.63) is 35.4 Å². The molecule has 0 aromatic heterocycles. The van der Waals surface area contributed by atoms with Crippen LogP contribution in [0.25, 0.3) is 0 Å². The maximum Gasteiger partial charge on any atom is 0.545 e. The van der Waals surface area contributed by atoms with Crippen LogP contribution in [0.3, 0.4) is 0 Å². The summed E-state index contributed by atoms with van der Waals surface area (Å²) in [5.41, 5.74) is -1.28. The van der Waals surface area contributed by atoms with E-state index in [9.17, 15) is 17.7 Å². The molecule has 0 saturated heterocycles.